The van der Waals surface area contributed by atoms with Crippen LogP contribution >= 0.6 is 46.4 Å². The molecule has 1 atom stereocenters. The Morgan fingerprint density at radius 2 is 1.30 bits per heavy atom. The second kappa shape index (κ2) is 6.44. The van der Waals surface area contributed by atoms with E-state index in [0.717, 1.165) is 16.9 Å². The fraction of sp³-hybridized carbons (Fsp3) is 0.200. The predicted octanol–water partition coefficient (Wildman–Crippen LogP) is 5.85. The van der Waals surface area contributed by atoms with E-state index >= 15 is 0 Å². The highest BCUT2D eigenvalue weighted by Gasteiger charge is 2.35. The molecule has 0 bridgehead atoms. The highest BCUT2D eigenvalue weighted by Crippen LogP contribution is 2.46. The molecule has 0 radical (unpaired) electrons. The van der Waals surface area contributed by atoms with Gasteiger partial charge in [-0.05, 0) is 35.4 Å². The molecule has 0 N–H and O–H groups in total. The van der Waals surface area contributed by atoms with Gasteiger partial charge in [-0.15, -0.1) is 0 Å². The molecule has 0 saturated heterocycles. The highest BCUT2D eigenvalue weighted by atomic mass is 35.6. The molecule has 20 heavy (non-hydrogen) atoms. The zero-order chi connectivity index (χ0) is 14.8. The number of alkyl halides is 3. The van der Waals surface area contributed by atoms with E-state index in [2.05, 4.69) is 0 Å². The van der Waals surface area contributed by atoms with Crippen LogP contribution in [0.4, 0.5) is 0 Å². The molecule has 0 aliphatic heterocycles. The average molecular weight is 350 g/mol. The number of methoxy groups -OCH3 is 1. The van der Waals surface area contributed by atoms with Crippen LogP contribution in [0.3, 0.4) is 0 Å². The van der Waals surface area contributed by atoms with Gasteiger partial charge in [0.1, 0.15) is 5.75 Å². The molecule has 0 amide bonds. The van der Waals surface area contributed by atoms with Crippen molar-refractivity contribution in [2.24, 2.45) is 0 Å². The number of benzene rings is 2. The summed E-state index contributed by atoms with van der Waals surface area (Å²) in [6.45, 7) is 0. The lowest BCUT2D eigenvalue weighted by Crippen LogP contribution is -2.18. The Morgan fingerprint density at radius 3 is 1.70 bits per heavy atom. The number of rotatable bonds is 3. The van der Waals surface area contributed by atoms with Crippen LogP contribution in [0.2, 0.25) is 5.02 Å². The third-order valence-electron chi connectivity index (χ3n) is 2.98. The Kier molecular flexibility index (Phi) is 5.09. The predicted molar refractivity (Wildman–Crippen MR) is 86.6 cm³/mol. The Hall–Kier alpha value is -0.600. The summed E-state index contributed by atoms with van der Waals surface area (Å²) in [5.41, 5.74) is 1.78. The van der Waals surface area contributed by atoms with Gasteiger partial charge < -0.3 is 4.74 Å². The molecule has 0 saturated carbocycles. The van der Waals surface area contributed by atoms with Crippen LogP contribution in [0.15, 0.2) is 48.5 Å². The van der Waals surface area contributed by atoms with E-state index in [9.17, 15) is 0 Å². The third-order valence-corrected chi connectivity index (χ3v) is 3.89. The molecule has 0 spiro atoms. The molecule has 0 fully saturated rings. The zero-order valence-corrected chi connectivity index (χ0v) is 13.6. The minimum Gasteiger partial charge on any atom is -0.497 e. The largest absolute Gasteiger partial charge is 0.497 e. The van der Waals surface area contributed by atoms with Crippen molar-refractivity contribution < 1.29 is 4.74 Å². The molecule has 106 valence electrons. The van der Waals surface area contributed by atoms with Crippen LogP contribution in [0.1, 0.15) is 17.0 Å². The summed E-state index contributed by atoms with van der Waals surface area (Å²) in [6.07, 6.45) is 0. The van der Waals surface area contributed by atoms with Gasteiger partial charge in [0.05, 0.1) is 13.0 Å². The third kappa shape index (κ3) is 3.73. The molecular weight excluding hydrogens is 338 g/mol. The normalized spacial score (nSPS) is 13.1. The smallest absolute Gasteiger partial charge is 0.201 e. The molecule has 1 nitrogen and oxygen atoms in total. The Morgan fingerprint density at radius 1 is 0.850 bits per heavy atom. The second-order valence-corrected chi connectivity index (χ2v) is 7.10. The van der Waals surface area contributed by atoms with E-state index in [-0.39, 0.29) is 5.92 Å². The van der Waals surface area contributed by atoms with Crippen molar-refractivity contribution in [3.63, 3.8) is 0 Å². The standard InChI is InChI=1S/C15H12Cl4O/c1-20-13-8-4-11(5-9-13)14(15(17,18)19)10-2-6-12(16)7-3-10/h2-9,14H,1H3/t14-/m0/s1. The fourth-order valence-electron chi connectivity index (χ4n) is 2.02. The SMILES string of the molecule is COc1ccc([C@H](c2ccc(Cl)cc2)C(Cl)(Cl)Cl)cc1. The first-order valence-corrected chi connectivity index (χ1v) is 7.39. The first kappa shape index (κ1) is 15.8. The topological polar surface area (TPSA) is 9.23 Å². The Labute approximate surface area is 138 Å². The maximum Gasteiger partial charge on any atom is 0.201 e. The van der Waals surface area contributed by atoms with Gasteiger partial charge in [-0.3, -0.25) is 0 Å². The first-order valence-electron chi connectivity index (χ1n) is 5.88. The average Bonchev–Trinajstić information content (AvgIpc) is 2.41. The summed E-state index contributed by atoms with van der Waals surface area (Å²) in [5, 5.41) is 0.645. The maximum atomic E-state index is 6.15. The van der Waals surface area contributed by atoms with Crippen LogP contribution in [0.25, 0.3) is 0 Å². The molecule has 0 aromatic heterocycles. The van der Waals surface area contributed by atoms with Crippen molar-refractivity contribution in [3.05, 3.63) is 64.7 Å². The fourth-order valence-corrected chi connectivity index (χ4v) is 2.90. The van der Waals surface area contributed by atoms with Crippen molar-refractivity contribution in [1.82, 2.24) is 0 Å². The number of ether oxygens (including phenoxy) is 1. The van der Waals surface area contributed by atoms with Gasteiger partial charge in [0.15, 0.2) is 0 Å². The quantitative estimate of drug-likeness (QED) is 0.631. The molecule has 0 aliphatic carbocycles. The van der Waals surface area contributed by atoms with Gasteiger partial charge in [-0.25, -0.2) is 0 Å². The van der Waals surface area contributed by atoms with Crippen LogP contribution < -0.4 is 4.74 Å². The van der Waals surface area contributed by atoms with E-state index in [1.165, 1.54) is 0 Å². The molecule has 2 aromatic carbocycles. The molecule has 5 heteroatoms. The molecule has 0 aliphatic rings. The van der Waals surface area contributed by atoms with Gasteiger partial charge >= 0.3 is 0 Å². The molecule has 2 rings (SSSR count). The zero-order valence-electron chi connectivity index (χ0n) is 10.6. The lowest BCUT2D eigenvalue weighted by molar-refractivity contribution is 0.414. The van der Waals surface area contributed by atoms with Crippen molar-refractivity contribution >= 4 is 46.4 Å². The van der Waals surface area contributed by atoms with Gasteiger partial charge in [-0.2, -0.15) is 0 Å². The Balaban J connectivity index is 2.44. The van der Waals surface area contributed by atoms with Crippen LogP contribution in [0.5, 0.6) is 5.75 Å². The van der Waals surface area contributed by atoms with Gasteiger partial charge in [-0.1, -0.05) is 70.7 Å². The first-order chi connectivity index (χ1) is 9.41. The lowest BCUT2D eigenvalue weighted by atomic mass is 9.92. The summed E-state index contributed by atoms with van der Waals surface area (Å²) in [5.74, 6) is 0.378. The molecule has 0 heterocycles. The van der Waals surface area contributed by atoms with E-state index < -0.39 is 3.79 Å². The van der Waals surface area contributed by atoms with Gasteiger partial charge in [0.25, 0.3) is 0 Å². The Bertz CT molecular complexity index is 558. The molecular formula is C15H12Cl4O. The van der Waals surface area contributed by atoms with Crippen molar-refractivity contribution in [1.29, 1.82) is 0 Å². The van der Waals surface area contributed by atoms with Crippen molar-refractivity contribution in [3.8, 4) is 5.75 Å². The van der Waals surface area contributed by atoms with Crippen molar-refractivity contribution in [2.75, 3.05) is 7.11 Å². The minimum atomic E-state index is -1.46. The summed E-state index contributed by atoms with van der Waals surface area (Å²) in [7, 11) is 1.61. The maximum absolute atomic E-state index is 6.15. The summed E-state index contributed by atoms with van der Waals surface area (Å²) in [6, 6.07) is 14.7. The number of hydrogen-bond acceptors (Lipinski definition) is 1. The van der Waals surface area contributed by atoms with Crippen LogP contribution in [-0.2, 0) is 0 Å². The van der Waals surface area contributed by atoms with Crippen LogP contribution in [0, 0.1) is 0 Å². The summed E-state index contributed by atoms with van der Waals surface area (Å²) >= 11 is 24.3. The van der Waals surface area contributed by atoms with E-state index in [1.54, 1.807) is 19.2 Å². The number of hydrogen-bond donors (Lipinski definition) is 0. The number of halogens is 4. The summed E-state index contributed by atoms with van der Waals surface area (Å²) in [4.78, 5) is 0. The van der Waals surface area contributed by atoms with Gasteiger partial charge in [0.2, 0.25) is 3.79 Å². The minimum absolute atomic E-state index is 0.379. The van der Waals surface area contributed by atoms with Crippen molar-refractivity contribution in [2.45, 2.75) is 9.71 Å². The molecule has 0 unspecified atom stereocenters. The monoisotopic (exact) mass is 348 g/mol. The van der Waals surface area contributed by atoms with E-state index in [0.29, 0.717) is 5.02 Å². The van der Waals surface area contributed by atoms with Crippen LogP contribution in [-0.4, -0.2) is 10.9 Å². The highest BCUT2D eigenvalue weighted by molar-refractivity contribution is 6.68. The lowest BCUT2D eigenvalue weighted by Gasteiger charge is -2.25. The van der Waals surface area contributed by atoms with Gasteiger partial charge in [0, 0.05) is 5.02 Å². The second-order valence-electron chi connectivity index (χ2n) is 4.30. The summed E-state index contributed by atoms with van der Waals surface area (Å²) < 4.78 is 3.68. The molecule has 2 aromatic rings. The van der Waals surface area contributed by atoms with E-state index in [4.69, 9.17) is 51.1 Å². The van der Waals surface area contributed by atoms with E-state index in [1.807, 2.05) is 36.4 Å².